The van der Waals surface area contributed by atoms with Crippen LogP contribution < -0.4 is 10.1 Å². The molecule has 0 radical (unpaired) electrons. The van der Waals surface area contributed by atoms with Crippen molar-refractivity contribution < 1.29 is 18.3 Å². The van der Waals surface area contributed by atoms with Crippen LogP contribution in [0, 0.1) is 11.6 Å². The van der Waals surface area contributed by atoms with Gasteiger partial charge in [-0.25, -0.2) is 8.78 Å². The molecule has 1 heterocycles. The van der Waals surface area contributed by atoms with Crippen molar-refractivity contribution in [2.75, 3.05) is 6.54 Å². The number of carbonyl (C=O) groups is 1. The van der Waals surface area contributed by atoms with Gasteiger partial charge in [0.15, 0.2) is 0 Å². The molecule has 1 aliphatic rings. The van der Waals surface area contributed by atoms with Crippen LogP contribution in [0.5, 0.6) is 5.75 Å². The molecule has 1 amide bonds. The first-order chi connectivity index (χ1) is 10.1. The second-order valence-electron chi connectivity index (χ2n) is 4.92. The maximum Gasteiger partial charge on any atom is 0.251 e. The molecule has 1 atom stereocenters. The zero-order valence-electron chi connectivity index (χ0n) is 11.1. The number of benzene rings is 2. The van der Waals surface area contributed by atoms with Gasteiger partial charge in [-0.3, -0.25) is 4.79 Å². The minimum absolute atomic E-state index is 0.237. The van der Waals surface area contributed by atoms with Crippen LogP contribution in [0.2, 0.25) is 0 Å². The number of amides is 1. The molecule has 0 aromatic heterocycles. The topological polar surface area (TPSA) is 38.3 Å². The molecule has 0 unspecified atom stereocenters. The van der Waals surface area contributed by atoms with Gasteiger partial charge in [0.2, 0.25) is 0 Å². The maximum atomic E-state index is 13.1. The lowest BCUT2D eigenvalue weighted by molar-refractivity contribution is 0.0933. The normalized spacial score (nSPS) is 16.2. The van der Waals surface area contributed by atoms with Gasteiger partial charge in [-0.05, 0) is 36.4 Å². The van der Waals surface area contributed by atoms with Crippen LogP contribution >= 0.6 is 0 Å². The smallest absolute Gasteiger partial charge is 0.251 e. The third-order valence-electron chi connectivity index (χ3n) is 3.34. The Balaban J connectivity index is 1.59. The quantitative estimate of drug-likeness (QED) is 0.943. The number of hydrogen-bond acceptors (Lipinski definition) is 2. The lowest BCUT2D eigenvalue weighted by Crippen LogP contribution is -2.34. The van der Waals surface area contributed by atoms with Crippen LogP contribution in [-0.4, -0.2) is 18.6 Å². The number of fused-ring (bicyclic) bond motifs is 1. The Morgan fingerprint density at radius 3 is 2.81 bits per heavy atom. The first-order valence-corrected chi connectivity index (χ1v) is 6.60. The van der Waals surface area contributed by atoms with Crippen molar-refractivity contribution in [3.8, 4) is 5.75 Å². The Kier molecular flexibility index (Phi) is 3.56. The summed E-state index contributed by atoms with van der Waals surface area (Å²) in [5.74, 6) is -0.480. The predicted molar refractivity (Wildman–Crippen MR) is 73.3 cm³/mol. The molecule has 5 heteroatoms. The fourth-order valence-electron chi connectivity index (χ4n) is 2.34. The molecule has 1 N–H and O–H groups in total. The molecule has 108 valence electrons. The maximum absolute atomic E-state index is 13.1. The van der Waals surface area contributed by atoms with Crippen LogP contribution in [0.3, 0.4) is 0 Å². The van der Waals surface area contributed by atoms with Crippen molar-refractivity contribution in [1.29, 1.82) is 0 Å². The van der Waals surface area contributed by atoms with Gasteiger partial charge in [0.25, 0.3) is 5.91 Å². The first-order valence-electron chi connectivity index (χ1n) is 6.60. The van der Waals surface area contributed by atoms with Crippen molar-refractivity contribution in [3.05, 3.63) is 65.2 Å². The lowest BCUT2D eigenvalue weighted by atomic mass is 10.1. The summed E-state index contributed by atoms with van der Waals surface area (Å²) in [7, 11) is 0. The molecule has 0 fully saturated rings. The average molecular weight is 289 g/mol. The fraction of sp³-hybridized carbons (Fsp3) is 0.188. The molecule has 0 saturated heterocycles. The molecule has 0 aliphatic carbocycles. The van der Waals surface area contributed by atoms with Crippen molar-refractivity contribution >= 4 is 5.91 Å². The summed E-state index contributed by atoms with van der Waals surface area (Å²) in [5.41, 5.74) is 1.05. The standard InChI is InChI=1S/C16H13F2NO2/c17-12-3-1-2-10(6-12)16(20)19-9-14-8-11-7-13(18)4-5-15(11)21-14/h1-7,14H,8-9H2,(H,19,20)/t14-/m0/s1. The monoisotopic (exact) mass is 289 g/mol. The summed E-state index contributed by atoms with van der Waals surface area (Å²) >= 11 is 0. The number of halogens is 2. The fourth-order valence-corrected chi connectivity index (χ4v) is 2.34. The molecule has 0 bridgehead atoms. The van der Waals surface area contributed by atoms with Gasteiger partial charge in [0.05, 0.1) is 6.54 Å². The summed E-state index contributed by atoms with van der Waals surface area (Å²) in [6, 6.07) is 9.83. The Labute approximate surface area is 120 Å². The molecule has 21 heavy (non-hydrogen) atoms. The van der Waals surface area contributed by atoms with Crippen LogP contribution in [0.25, 0.3) is 0 Å². The largest absolute Gasteiger partial charge is 0.488 e. The summed E-state index contributed by atoms with van der Waals surface area (Å²) < 4.78 is 31.8. The molecule has 0 spiro atoms. The molecule has 3 rings (SSSR count). The highest BCUT2D eigenvalue weighted by Crippen LogP contribution is 2.28. The zero-order valence-corrected chi connectivity index (χ0v) is 11.1. The number of hydrogen-bond donors (Lipinski definition) is 1. The predicted octanol–water partition coefficient (Wildman–Crippen LogP) is 2.70. The van der Waals surface area contributed by atoms with Crippen LogP contribution in [0.4, 0.5) is 8.78 Å². The zero-order chi connectivity index (χ0) is 14.8. The van der Waals surface area contributed by atoms with Gasteiger partial charge >= 0.3 is 0 Å². The lowest BCUT2D eigenvalue weighted by Gasteiger charge is -2.12. The molecular formula is C16H13F2NO2. The minimum Gasteiger partial charge on any atom is -0.488 e. The van der Waals surface area contributed by atoms with E-state index in [2.05, 4.69) is 5.32 Å². The van der Waals surface area contributed by atoms with Crippen LogP contribution in [0.15, 0.2) is 42.5 Å². The third-order valence-corrected chi connectivity index (χ3v) is 3.34. The molecule has 0 saturated carbocycles. The highest BCUT2D eigenvalue weighted by atomic mass is 19.1. The van der Waals surface area contributed by atoms with E-state index in [1.54, 1.807) is 6.07 Å². The van der Waals surface area contributed by atoms with E-state index in [-0.39, 0.29) is 29.9 Å². The Morgan fingerprint density at radius 2 is 2.00 bits per heavy atom. The van der Waals surface area contributed by atoms with Crippen LogP contribution in [-0.2, 0) is 6.42 Å². The van der Waals surface area contributed by atoms with Gasteiger partial charge in [-0.2, -0.15) is 0 Å². The molecule has 3 nitrogen and oxygen atoms in total. The van der Waals surface area contributed by atoms with Crippen molar-refractivity contribution in [2.24, 2.45) is 0 Å². The van der Waals surface area contributed by atoms with Gasteiger partial charge in [0, 0.05) is 17.5 Å². The van der Waals surface area contributed by atoms with E-state index in [0.717, 1.165) is 5.56 Å². The van der Waals surface area contributed by atoms with Crippen LogP contribution in [0.1, 0.15) is 15.9 Å². The van der Waals surface area contributed by atoms with Gasteiger partial charge < -0.3 is 10.1 Å². The SMILES string of the molecule is O=C(NC[C@@H]1Cc2cc(F)ccc2O1)c1cccc(F)c1. The summed E-state index contributed by atoms with van der Waals surface area (Å²) in [6.45, 7) is 0.283. The summed E-state index contributed by atoms with van der Waals surface area (Å²) in [5, 5.41) is 2.69. The molecule has 1 aliphatic heterocycles. The Morgan fingerprint density at radius 1 is 1.19 bits per heavy atom. The van der Waals surface area contributed by atoms with E-state index in [1.807, 2.05) is 0 Å². The highest BCUT2D eigenvalue weighted by molar-refractivity contribution is 5.94. The van der Waals surface area contributed by atoms with E-state index in [0.29, 0.717) is 12.2 Å². The molecule has 2 aromatic carbocycles. The third kappa shape index (κ3) is 3.02. The van der Waals surface area contributed by atoms with Crippen molar-refractivity contribution in [1.82, 2.24) is 5.32 Å². The number of ether oxygens (including phenoxy) is 1. The Bertz CT molecular complexity index is 688. The van der Waals surface area contributed by atoms with E-state index in [9.17, 15) is 13.6 Å². The minimum atomic E-state index is -0.456. The van der Waals surface area contributed by atoms with E-state index < -0.39 is 5.82 Å². The van der Waals surface area contributed by atoms with Gasteiger partial charge in [-0.15, -0.1) is 0 Å². The van der Waals surface area contributed by atoms with E-state index in [4.69, 9.17) is 4.74 Å². The number of carbonyl (C=O) groups excluding carboxylic acids is 1. The molecular weight excluding hydrogens is 276 g/mol. The second-order valence-corrected chi connectivity index (χ2v) is 4.92. The van der Waals surface area contributed by atoms with E-state index in [1.165, 1.54) is 36.4 Å². The number of nitrogens with one attached hydrogen (secondary N) is 1. The van der Waals surface area contributed by atoms with Crippen molar-refractivity contribution in [3.63, 3.8) is 0 Å². The summed E-state index contributed by atoms with van der Waals surface area (Å²) in [4.78, 5) is 11.9. The highest BCUT2D eigenvalue weighted by Gasteiger charge is 2.23. The first kappa shape index (κ1) is 13.5. The van der Waals surface area contributed by atoms with Gasteiger partial charge in [-0.1, -0.05) is 6.07 Å². The van der Waals surface area contributed by atoms with Crippen molar-refractivity contribution in [2.45, 2.75) is 12.5 Å². The number of rotatable bonds is 3. The van der Waals surface area contributed by atoms with Gasteiger partial charge in [0.1, 0.15) is 23.5 Å². The Hall–Kier alpha value is -2.43. The summed E-state index contributed by atoms with van der Waals surface area (Å²) in [6.07, 6.45) is 0.301. The second kappa shape index (κ2) is 5.52. The average Bonchev–Trinajstić information content (AvgIpc) is 2.86. The van der Waals surface area contributed by atoms with E-state index >= 15 is 0 Å². The molecule has 2 aromatic rings.